The summed E-state index contributed by atoms with van der Waals surface area (Å²) in [6.07, 6.45) is 6.54. The van der Waals surface area contributed by atoms with Crippen LogP contribution in [0, 0.1) is 11.8 Å². The number of amides is 2. The van der Waals surface area contributed by atoms with Crippen LogP contribution in [0.4, 0.5) is 0 Å². The molecule has 1 aliphatic carbocycles. The fourth-order valence-electron chi connectivity index (χ4n) is 4.25. The normalized spacial score (nSPS) is 26.4. The molecule has 0 bridgehead atoms. The van der Waals surface area contributed by atoms with Crippen molar-refractivity contribution in [3.05, 3.63) is 35.9 Å². The number of piperazine rings is 1. The highest BCUT2D eigenvalue weighted by molar-refractivity contribution is 5.97. The maximum atomic E-state index is 13.2. The standard InChI is InChI=1S/C21H30N2O2/c1-3-15(2)18-21(25)23(14-16-10-6-4-7-11-16)19(20(24)22-18)17-12-8-5-9-13-17/h4,6-7,10-11,15,17-19H,3,5,8-9,12-14H2,1-2H3,(H,22,24). The Kier molecular flexibility index (Phi) is 5.77. The summed E-state index contributed by atoms with van der Waals surface area (Å²) >= 11 is 0. The molecular formula is C21H30N2O2. The van der Waals surface area contributed by atoms with Gasteiger partial charge in [-0.1, -0.05) is 69.9 Å². The molecule has 0 aromatic heterocycles. The third-order valence-electron chi connectivity index (χ3n) is 5.96. The molecule has 1 N–H and O–H groups in total. The minimum absolute atomic E-state index is 0.0488. The lowest BCUT2D eigenvalue weighted by Crippen LogP contribution is -2.66. The van der Waals surface area contributed by atoms with Crippen molar-refractivity contribution in [2.45, 2.75) is 71.0 Å². The van der Waals surface area contributed by atoms with Gasteiger partial charge in [0, 0.05) is 6.54 Å². The van der Waals surface area contributed by atoms with Gasteiger partial charge in [0.1, 0.15) is 12.1 Å². The van der Waals surface area contributed by atoms with E-state index in [-0.39, 0.29) is 29.8 Å². The summed E-state index contributed by atoms with van der Waals surface area (Å²) in [7, 11) is 0. The van der Waals surface area contributed by atoms with Gasteiger partial charge in [-0.3, -0.25) is 9.59 Å². The van der Waals surface area contributed by atoms with E-state index >= 15 is 0 Å². The summed E-state index contributed by atoms with van der Waals surface area (Å²) in [5.41, 5.74) is 1.09. The predicted octanol–water partition coefficient (Wildman–Crippen LogP) is 3.51. The van der Waals surface area contributed by atoms with Gasteiger partial charge in [-0.2, -0.15) is 0 Å². The molecule has 3 rings (SSSR count). The Morgan fingerprint density at radius 2 is 1.80 bits per heavy atom. The molecule has 4 nitrogen and oxygen atoms in total. The van der Waals surface area contributed by atoms with Gasteiger partial charge in [0.05, 0.1) is 0 Å². The van der Waals surface area contributed by atoms with Crippen LogP contribution >= 0.6 is 0 Å². The van der Waals surface area contributed by atoms with Crippen LogP contribution in [-0.4, -0.2) is 28.8 Å². The fraction of sp³-hybridized carbons (Fsp3) is 0.619. The first-order valence-electron chi connectivity index (χ1n) is 9.76. The topological polar surface area (TPSA) is 49.4 Å². The van der Waals surface area contributed by atoms with E-state index in [1.807, 2.05) is 42.2 Å². The Morgan fingerprint density at radius 1 is 1.12 bits per heavy atom. The summed E-state index contributed by atoms with van der Waals surface area (Å²) in [5, 5.41) is 3.05. The first-order chi connectivity index (χ1) is 12.1. The van der Waals surface area contributed by atoms with Crippen LogP contribution in [-0.2, 0) is 16.1 Å². The molecule has 0 spiro atoms. The Hall–Kier alpha value is -1.84. The van der Waals surface area contributed by atoms with Gasteiger partial charge >= 0.3 is 0 Å². The number of hydrogen-bond acceptors (Lipinski definition) is 2. The van der Waals surface area contributed by atoms with Crippen molar-refractivity contribution in [3.63, 3.8) is 0 Å². The lowest BCUT2D eigenvalue weighted by atomic mass is 9.80. The second kappa shape index (κ2) is 8.03. The van der Waals surface area contributed by atoms with Crippen LogP contribution in [0.2, 0.25) is 0 Å². The molecule has 1 aromatic rings. The van der Waals surface area contributed by atoms with E-state index in [9.17, 15) is 9.59 Å². The average molecular weight is 342 g/mol. The number of nitrogens with one attached hydrogen (secondary N) is 1. The van der Waals surface area contributed by atoms with Crippen LogP contribution < -0.4 is 5.32 Å². The summed E-state index contributed by atoms with van der Waals surface area (Å²) < 4.78 is 0. The second-order valence-electron chi connectivity index (χ2n) is 7.67. The van der Waals surface area contributed by atoms with E-state index in [4.69, 9.17) is 0 Å². The Labute approximate surface area is 151 Å². The van der Waals surface area contributed by atoms with E-state index in [0.717, 1.165) is 37.7 Å². The Morgan fingerprint density at radius 3 is 2.44 bits per heavy atom. The van der Waals surface area contributed by atoms with Gasteiger partial charge in [-0.05, 0) is 30.2 Å². The minimum atomic E-state index is -0.388. The molecule has 4 heteroatoms. The van der Waals surface area contributed by atoms with E-state index in [0.29, 0.717) is 12.5 Å². The molecule has 1 heterocycles. The largest absolute Gasteiger partial charge is 0.342 e. The van der Waals surface area contributed by atoms with E-state index in [1.165, 1.54) is 6.42 Å². The quantitative estimate of drug-likeness (QED) is 0.890. The predicted molar refractivity (Wildman–Crippen MR) is 98.7 cm³/mol. The number of nitrogens with zero attached hydrogens (tertiary/aromatic N) is 1. The molecule has 25 heavy (non-hydrogen) atoms. The minimum Gasteiger partial charge on any atom is -0.342 e. The first-order valence-corrected chi connectivity index (χ1v) is 9.76. The average Bonchev–Trinajstić information content (AvgIpc) is 2.65. The zero-order valence-electron chi connectivity index (χ0n) is 15.4. The van der Waals surface area contributed by atoms with E-state index in [1.54, 1.807) is 0 Å². The molecule has 1 aromatic carbocycles. The summed E-state index contributed by atoms with van der Waals surface area (Å²) in [4.78, 5) is 28.1. The Balaban J connectivity index is 1.88. The third-order valence-corrected chi connectivity index (χ3v) is 5.96. The van der Waals surface area contributed by atoms with Gasteiger partial charge < -0.3 is 10.2 Å². The molecule has 0 radical (unpaired) electrons. The van der Waals surface area contributed by atoms with Crippen molar-refractivity contribution in [2.24, 2.45) is 11.8 Å². The van der Waals surface area contributed by atoms with Crippen LogP contribution in [0.5, 0.6) is 0 Å². The highest BCUT2D eigenvalue weighted by Crippen LogP contribution is 2.32. The van der Waals surface area contributed by atoms with Gasteiger partial charge in [0.15, 0.2) is 0 Å². The first kappa shape index (κ1) is 18.0. The summed E-state index contributed by atoms with van der Waals surface area (Å²) in [6, 6.07) is 9.34. The lowest BCUT2D eigenvalue weighted by molar-refractivity contribution is -0.154. The van der Waals surface area contributed by atoms with Crippen LogP contribution in [0.3, 0.4) is 0 Å². The van der Waals surface area contributed by atoms with Crippen molar-refractivity contribution in [3.8, 4) is 0 Å². The zero-order chi connectivity index (χ0) is 17.8. The van der Waals surface area contributed by atoms with Crippen LogP contribution in [0.25, 0.3) is 0 Å². The maximum absolute atomic E-state index is 13.2. The molecule has 3 unspecified atom stereocenters. The highest BCUT2D eigenvalue weighted by atomic mass is 16.2. The summed E-state index contributed by atoms with van der Waals surface area (Å²) in [6.45, 7) is 4.64. The molecule has 1 saturated carbocycles. The van der Waals surface area contributed by atoms with Gasteiger partial charge in [-0.15, -0.1) is 0 Å². The Bertz CT molecular complexity index is 595. The van der Waals surface area contributed by atoms with Crippen molar-refractivity contribution in [2.75, 3.05) is 0 Å². The molecule has 3 atom stereocenters. The lowest BCUT2D eigenvalue weighted by Gasteiger charge is -2.44. The number of carbonyl (C=O) groups excluding carboxylic acids is 2. The monoisotopic (exact) mass is 342 g/mol. The molecular weight excluding hydrogens is 312 g/mol. The number of rotatable bonds is 5. The van der Waals surface area contributed by atoms with E-state index < -0.39 is 0 Å². The zero-order valence-corrected chi connectivity index (χ0v) is 15.4. The molecule has 1 aliphatic heterocycles. The van der Waals surface area contributed by atoms with Crippen LogP contribution in [0.1, 0.15) is 57.9 Å². The van der Waals surface area contributed by atoms with E-state index in [2.05, 4.69) is 12.2 Å². The molecule has 2 amide bonds. The number of benzene rings is 1. The SMILES string of the molecule is CCC(C)C1NC(=O)C(C2CCCCC2)N(Cc2ccccc2)C1=O. The molecule has 1 saturated heterocycles. The molecule has 2 fully saturated rings. The third kappa shape index (κ3) is 3.88. The fourth-order valence-corrected chi connectivity index (χ4v) is 4.25. The van der Waals surface area contributed by atoms with Crippen molar-refractivity contribution in [1.82, 2.24) is 10.2 Å². The van der Waals surface area contributed by atoms with Crippen molar-refractivity contribution >= 4 is 11.8 Å². The number of hydrogen-bond donors (Lipinski definition) is 1. The van der Waals surface area contributed by atoms with Crippen molar-refractivity contribution in [1.29, 1.82) is 0 Å². The molecule has 2 aliphatic rings. The summed E-state index contributed by atoms with van der Waals surface area (Å²) in [5.74, 6) is 0.586. The smallest absolute Gasteiger partial charge is 0.246 e. The van der Waals surface area contributed by atoms with Crippen LogP contribution in [0.15, 0.2) is 30.3 Å². The highest BCUT2D eigenvalue weighted by Gasteiger charge is 2.45. The van der Waals surface area contributed by atoms with Crippen molar-refractivity contribution < 1.29 is 9.59 Å². The molecule has 136 valence electrons. The second-order valence-corrected chi connectivity index (χ2v) is 7.67. The number of carbonyl (C=O) groups is 2. The maximum Gasteiger partial charge on any atom is 0.246 e. The van der Waals surface area contributed by atoms with Gasteiger partial charge in [-0.25, -0.2) is 0 Å². The van der Waals surface area contributed by atoms with Gasteiger partial charge in [0.25, 0.3) is 0 Å². The van der Waals surface area contributed by atoms with Gasteiger partial charge in [0.2, 0.25) is 11.8 Å².